The predicted octanol–water partition coefficient (Wildman–Crippen LogP) is 5.42. The minimum absolute atomic E-state index is 0.544. The molecule has 1 saturated carbocycles. The molecule has 0 saturated heterocycles. The molecule has 0 spiro atoms. The van der Waals surface area contributed by atoms with E-state index in [0.29, 0.717) is 6.04 Å². The fraction of sp³-hybridized carbons (Fsp3) is 0.700. The van der Waals surface area contributed by atoms with E-state index in [1.165, 1.54) is 42.4 Å². The second kappa shape index (κ2) is 7.45. The van der Waals surface area contributed by atoms with Crippen molar-refractivity contribution in [2.75, 3.05) is 6.54 Å². The molecule has 1 aliphatic carbocycles. The first-order valence-corrected chi connectivity index (χ1v) is 8.83. The van der Waals surface area contributed by atoms with Crippen molar-refractivity contribution in [1.29, 1.82) is 0 Å². The molecule has 1 atom stereocenters. The zero-order valence-corrected chi connectivity index (χ0v) is 14.6. The molecule has 1 aliphatic rings. The van der Waals surface area contributed by atoms with Gasteiger partial charge < -0.3 is 5.32 Å². The van der Waals surface area contributed by atoms with Gasteiger partial charge in [0.25, 0.3) is 0 Å². The summed E-state index contributed by atoms with van der Waals surface area (Å²) < 4.78 is 0. The maximum absolute atomic E-state index is 3.78. The van der Waals surface area contributed by atoms with Gasteiger partial charge in [0, 0.05) is 6.04 Å². The van der Waals surface area contributed by atoms with Crippen LogP contribution in [0.4, 0.5) is 0 Å². The summed E-state index contributed by atoms with van der Waals surface area (Å²) in [5.41, 5.74) is 4.36. The van der Waals surface area contributed by atoms with Crippen LogP contribution in [0.15, 0.2) is 18.2 Å². The Bertz CT molecular complexity index is 441. The normalized spacial score (nSPS) is 24.3. The summed E-state index contributed by atoms with van der Waals surface area (Å²) in [5, 5.41) is 3.78. The van der Waals surface area contributed by atoms with Gasteiger partial charge in [0.15, 0.2) is 0 Å². The Kier molecular flexibility index (Phi) is 5.87. The molecule has 1 aromatic rings. The van der Waals surface area contributed by atoms with Crippen molar-refractivity contribution in [3.63, 3.8) is 0 Å². The van der Waals surface area contributed by atoms with E-state index in [9.17, 15) is 0 Å². The Morgan fingerprint density at radius 3 is 2.24 bits per heavy atom. The molecule has 1 nitrogen and oxygen atoms in total. The fourth-order valence-electron chi connectivity index (χ4n) is 3.99. The lowest BCUT2D eigenvalue weighted by Gasteiger charge is -2.36. The molecule has 2 rings (SSSR count). The topological polar surface area (TPSA) is 12.0 Å². The summed E-state index contributed by atoms with van der Waals surface area (Å²) in [4.78, 5) is 0. The van der Waals surface area contributed by atoms with Crippen molar-refractivity contribution < 1.29 is 0 Å². The third kappa shape index (κ3) is 4.10. The second-order valence-corrected chi connectivity index (χ2v) is 7.31. The molecule has 118 valence electrons. The molecule has 1 aromatic carbocycles. The molecule has 21 heavy (non-hydrogen) atoms. The largest absolute Gasteiger partial charge is 0.310 e. The van der Waals surface area contributed by atoms with Crippen LogP contribution in [0.1, 0.15) is 69.2 Å². The molecule has 1 fully saturated rings. The Morgan fingerprint density at radius 1 is 1.05 bits per heavy atom. The summed E-state index contributed by atoms with van der Waals surface area (Å²) in [6.45, 7) is 12.5. The minimum atomic E-state index is 0.544. The van der Waals surface area contributed by atoms with E-state index in [2.05, 4.69) is 58.1 Å². The van der Waals surface area contributed by atoms with Crippen LogP contribution < -0.4 is 5.32 Å². The highest BCUT2D eigenvalue weighted by molar-refractivity contribution is 5.33. The van der Waals surface area contributed by atoms with E-state index in [1.54, 1.807) is 0 Å². The van der Waals surface area contributed by atoms with Crippen LogP contribution in [0, 0.1) is 31.6 Å². The van der Waals surface area contributed by atoms with Crippen molar-refractivity contribution in [2.45, 2.75) is 66.3 Å². The summed E-state index contributed by atoms with van der Waals surface area (Å²) in [5.74, 6) is 2.60. The van der Waals surface area contributed by atoms with Crippen LogP contribution in [-0.4, -0.2) is 6.54 Å². The first-order chi connectivity index (χ1) is 10.0. The molecule has 1 N–H and O–H groups in total. The smallest absolute Gasteiger partial charge is 0.0351 e. The van der Waals surface area contributed by atoms with Crippen LogP contribution in [0.25, 0.3) is 0 Å². The highest BCUT2D eigenvalue weighted by Crippen LogP contribution is 2.40. The van der Waals surface area contributed by atoms with Gasteiger partial charge in [-0.1, -0.05) is 44.5 Å². The molecule has 0 aliphatic heterocycles. The first-order valence-electron chi connectivity index (χ1n) is 8.83. The van der Waals surface area contributed by atoms with Gasteiger partial charge in [0.1, 0.15) is 0 Å². The number of hydrogen-bond acceptors (Lipinski definition) is 1. The molecule has 1 heteroatoms. The molecule has 0 aromatic heterocycles. The fourth-order valence-corrected chi connectivity index (χ4v) is 3.99. The van der Waals surface area contributed by atoms with Gasteiger partial charge in [0.05, 0.1) is 0 Å². The Hall–Kier alpha value is -0.820. The van der Waals surface area contributed by atoms with Gasteiger partial charge in [0.2, 0.25) is 0 Å². The van der Waals surface area contributed by atoms with Gasteiger partial charge in [-0.05, 0) is 75.0 Å². The molecule has 0 amide bonds. The van der Waals surface area contributed by atoms with E-state index < -0.39 is 0 Å². The van der Waals surface area contributed by atoms with Gasteiger partial charge in [-0.25, -0.2) is 0 Å². The second-order valence-electron chi connectivity index (χ2n) is 7.31. The first kappa shape index (κ1) is 16.5. The van der Waals surface area contributed by atoms with Crippen LogP contribution >= 0.6 is 0 Å². The van der Waals surface area contributed by atoms with Crippen molar-refractivity contribution in [3.8, 4) is 0 Å². The third-order valence-corrected chi connectivity index (χ3v) is 5.42. The van der Waals surface area contributed by atoms with Crippen LogP contribution in [0.5, 0.6) is 0 Å². The standard InChI is InChI=1S/C20H33N/c1-6-21-20(19-13-15(4)7-8-16(19)5)18-11-9-17(10-12-18)14(2)3/h7-8,13-14,17-18,20-21H,6,9-12H2,1-5H3. The van der Waals surface area contributed by atoms with E-state index in [-0.39, 0.29) is 0 Å². The van der Waals surface area contributed by atoms with Gasteiger partial charge in [-0.15, -0.1) is 0 Å². The zero-order chi connectivity index (χ0) is 15.4. The quantitative estimate of drug-likeness (QED) is 0.763. The van der Waals surface area contributed by atoms with Crippen molar-refractivity contribution in [2.24, 2.45) is 17.8 Å². The van der Waals surface area contributed by atoms with Crippen LogP contribution in [-0.2, 0) is 0 Å². The molecule has 0 radical (unpaired) electrons. The number of rotatable bonds is 5. The highest BCUT2D eigenvalue weighted by atomic mass is 14.9. The maximum atomic E-state index is 3.78. The van der Waals surface area contributed by atoms with E-state index >= 15 is 0 Å². The van der Waals surface area contributed by atoms with E-state index in [4.69, 9.17) is 0 Å². The predicted molar refractivity (Wildman–Crippen MR) is 92.6 cm³/mol. The number of hydrogen-bond donors (Lipinski definition) is 1. The Balaban J connectivity index is 2.14. The van der Waals surface area contributed by atoms with Crippen molar-refractivity contribution in [3.05, 3.63) is 34.9 Å². The molecular formula is C20H33N. The van der Waals surface area contributed by atoms with Crippen molar-refractivity contribution in [1.82, 2.24) is 5.32 Å². The van der Waals surface area contributed by atoms with Crippen molar-refractivity contribution >= 4 is 0 Å². The lowest BCUT2D eigenvalue weighted by Crippen LogP contribution is -2.32. The molecule has 0 heterocycles. The minimum Gasteiger partial charge on any atom is -0.310 e. The number of benzene rings is 1. The summed E-state index contributed by atoms with van der Waals surface area (Å²) in [7, 11) is 0. The molecule has 1 unspecified atom stereocenters. The summed E-state index contributed by atoms with van der Waals surface area (Å²) >= 11 is 0. The highest BCUT2D eigenvalue weighted by Gasteiger charge is 2.29. The molecular weight excluding hydrogens is 254 g/mol. The lowest BCUT2D eigenvalue weighted by molar-refractivity contribution is 0.189. The van der Waals surface area contributed by atoms with Gasteiger partial charge in [-0.3, -0.25) is 0 Å². The SMILES string of the molecule is CCNC(c1cc(C)ccc1C)C1CCC(C(C)C)CC1. The van der Waals surface area contributed by atoms with Gasteiger partial charge in [-0.2, -0.15) is 0 Å². The average Bonchev–Trinajstić information content (AvgIpc) is 2.48. The van der Waals surface area contributed by atoms with Crippen LogP contribution in [0.3, 0.4) is 0 Å². The third-order valence-electron chi connectivity index (χ3n) is 5.42. The molecule has 0 bridgehead atoms. The van der Waals surface area contributed by atoms with Gasteiger partial charge >= 0.3 is 0 Å². The monoisotopic (exact) mass is 287 g/mol. The average molecular weight is 287 g/mol. The zero-order valence-electron chi connectivity index (χ0n) is 14.6. The number of nitrogens with one attached hydrogen (secondary N) is 1. The van der Waals surface area contributed by atoms with E-state index in [1.807, 2.05) is 0 Å². The summed E-state index contributed by atoms with van der Waals surface area (Å²) in [6.07, 6.45) is 5.59. The Labute approximate surface area is 131 Å². The number of aryl methyl sites for hydroxylation is 2. The lowest BCUT2D eigenvalue weighted by atomic mass is 9.73. The Morgan fingerprint density at radius 2 is 1.67 bits per heavy atom. The van der Waals surface area contributed by atoms with Crippen LogP contribution in [0.2, 0.25) is 0 Å². The summed E-state index contributed by atoms with van der Waals surface area (Å²) in [6, 6.07) is 7.46. The maximum Gasteiger partial charge on any atom is 0.0351 e. The van der Waals surface area contributed by atoms with E-state index in [0.717, 1.165) is 24.3 Å².